The SMILES string of the molecule is CCNc1nc(Cn2ccnc2)nc2sccc12. The van der Waals surface area contributed by atoms with E-state index >= 15 is 0 Å². The Morgan fingerprint density at radius 1 is 1.39 bits per heavy atom. The molecule has 6 heteroatoms. The number of aromatic nitrogens is 4. The molecule has 0 aliphatic heterocycles. The quantitative estimate of drug-likeness (QED) is 0.781. The molecule has 3 heterocycles. The van der Waals surface area contributed by atoms with Gasteiger partial charge in [0, 0.05) is 18.9 Å². The van der Waals surface area contributed by atoms with E-state index in [1.54, 1.807) is 23.9 Å². The number of hydrogen-bond donors (Lipinski definition) is 1. The molecule has 0 aromatic carbocycles. The van der Waals surface area contributed by atoms with E-state index < -0.39 is 0 Å². The molecule has 3 rings (SSSR count). The highest BCUT2D eigenvalue weighted by atomic mass is 32.1. The summed E-state index contributed by atoms with van der Waals surface area (Å²) in [5.74, 6) is 1.72. The Balaban J connectivity index is 2.01. The number of nitrogens with one attached hydrogen (secondary N) is 1. The summed E-state index contributed by atoms with van der Waals surface area (Å²) in [4.78, 5) is 14.2. The highest BCUT2D eigenvalue weighted by Crippen LogP contribution is 2.25. The highest BCUT2D eigenvalue weighted by Gasteiger charge is 2.08. The third-order valence-corrected chi connectivity index (χ3v) is 3.41. The van der Waals surface area contributed by atoms with Gasteiger partial charge < -0.3 is 9.88 Å². The fraction of sp³-hybridized carbons (Fsp3) is 0.250. The van der Waals surface area contributed by atoms with Gasteiger partial charge in [-0.05, 0) is 18.4 Å². The van der Waals surface area contributed by atoms with E-state index in [4.69, 9.17) is 0 Å². The fourth-order valence-electron chi connectivity index (χ4n) is 1.82. The van der Waals surface area contributed by atoms with E-state index in [9.17, 15) is 0 Å². The minimum atomic E-state index is 0.645. The summed E-state index contributed by atoms with van der Waals surface area (Å²) in [5.41, 5.74) is 0. The van der Waals surface area contributed by atoms with Crippen molar-refractivity contribution < 1.29 is 0 Å². The molecule has 0 amide bonds. The van der Waals surface area contributed by atoms with Gasteiger partial charge in [0.25, 0.3) is 0 Å². The van der Waals surface area contributed by atoms with Crippen LogP contribution in [-0.2, 0) is 6.54 Å². The van der Waals surface area contributed by atoms with Crippen LogP contribution < -0.4 is 5.32 Å². The van der Waals surface area contributed by atoms with Crippen LogP contribution in [0.5, 0.6) is 0 Å². The van der Waals surface area contributed by atoms with Crippen LogP contribution in [0.2, 0.25) is 0 Å². The Morgan fingerprint density at radius 2 is 2.33 bits per heavy atom. The monoisotopic (exact) mass is 259 g/mol. The van der Waals surface area contributed by atoms with Crippen LogP contribution in [0.25, 0.3) is 10.2 Å². The first-order chi connectivity index (χ1) is 8.86. The molecule has 5 nitrogen and oxygen atoms in total. The fourth-order valence-corrected chi connectivity index (χ4v) is 2.60. The van der Waals surface area contributed by atoms with Crippen molar-refractivity contribution in [2.75, 3.05) is 11.9 Å². The normalized spacial score (nSPS) is 10.9. The lowest BCUT2D eigenvalue weighted by Crippen LogP contribution is -2.06. The van der Waals surface area contributed by atoms with E-state index in [2.05, 4.69) is 33.3 Å². The number of anilines is 1. The van der Waals surface area contributed by atoms with E-state index in [1.807, 2.05) is 16.1 Å². The molecule has 1 N–H and O–H groups in total. The molecule has 0 aliphatic rings. The van der Waals surface area contributed by atoms with Crippen LogP contribution in [0.3, 0.4) is 0 Å². The first kappa shape index (κ1) is 11.2. The Hall–Kier alpha value is -1.95. The van der Waals surface area contributed by atoms with E-state index in [0.717, 1.165) is 28.4 Å². The topological polar surface area (TPSA) is 55.6 Å². The number of imidazole rings is 1. The van der Waals surface area contributed by atoms with Crippen molar-refractivity contribution in [2.24, 2.45) is 0 Å². The van der Waals surface area contributed by atoms with Crippen molar-refractivity contribution >= 4 is 27.4 Å². The second kappa shape index (κ2) is 4.73. The molecule has 0 aliphatic carbocycles. The molecular formula is C12H13N5S. The zero-order chi connectivity index (χ0) is 12.4. The third kappa shape index (κ3) is 2.06. The lowest BCUT2D eigenvalue weighted by atomic mass is 10.3. The molecule has 92 valence electrons. The van der Waals surface area contributed by atoms with Gasteiger partial charge in [0.05, 0.1) is 18.3 Å². The van der Waals surface area contributed by atoms with Crippen LogP contribution in [-0.4, -0.2) is 26.1 Å². The van der Waals surface area contributed by atoms with Gasteiger partial charge in [-0.15, -0.1) is 11.3 Å². The summed E-state index contributed by atoms with van der Waals surface area (Å²) in [6.45, 7) is 3.56. The van der Waals surface area contributed by atoms with Gasteiger partial charge in [-0.25, -0.2) is 15.0 Å². The van der Waals surface area contributed by atoms with Crippen molar-refractivity contribution in [1.29, 1.82) is 0 Å². The van der Waals surface area contributed by atoms with Crippen LogP contribution >= 0.6 is 11.3 Å². The minimum Gasteiger partial charge on any atom is -0.370 e. The molecule has 0 fully saturated rings. The summed E-state index contributed by atoms with van der Waals surface area (Å²) in [7, 11) is 0. The number of fused-ring (bicyclic) bond motifs is 1. The number of nitrogens with zero attached hydrogens (tertiary/aromatic N) is 4. The Kier molecular flexibility index (Phi) is 2.93. The molecule has 0 saturated carbocycles. The van der Waals surface area contributed by atoms with Crippen LogP contribution in [0, 0.1) is 0 Å². The average molecular weight is 259 g/mol. The Morgan fingerprint density at radius 3 is 3.11 bits per heavy atom. The lowest BCUT2D eigenvalue weighted by Gasteiger charge is -2.07. The van der Waals surface area contributed by atoms with Crippen molar-refractivity contribution in [3.8, 4) is 0 Å². The second-order valence-corrected chi connectivity index (χ2v) is 4.79. The summed E-state index contributed by atoms with van der Waals surface area (Å²) in [5, 5.41) is 6.42. The average Bonchev–Trinajstić information content (AvgIpc) is 3.00. The largest absolute Gasteiger partial charge is 0.370 e. The molecule has 0 saturated heterocycles. The molecule has 3 aromatic rings. The van der Waals surface area contributed by atoms with E-state index in [0.29, 0.717) is 6.54 Å². The molecule has 0 radical (unpaired) electrons. The van der Waals surface area contributed by atoms with Gasteiger partial charge in [-0.2, -0.15) is 0 Å². The standard InChI is InChI=1S/C12H13N5S/c1-2-14-11-9-3-6-18-12(9)16-10(15-11)7-17-5-4-13-8-17/h3-6,8H,2,7H2,1H3,(H,14,15,16). The van der Waals surface area contributed by atoms with Gasteiger partial charge in [0.1, 0.15) is 10.6 Å². The van der Waals surface area contributed by atoms with Crippen molar-refractivity contribution in [3.63, 3.8) is 0 Å². The van der Waals surface area contributed by atoms with E-state index in [-0.39, 0.29) is 0 Å². The summed E-state index contributed by atoms with van der Waals surface area (Å²) in [6.07, 6.45) is 5.44. The number of thiophene rings is 1. The van der Waals surface area contributed by atoms with Crippen LogP contribution in [0.15, 0.2) is 30.2 Å². The van der Waals surface area contributed by atoms with Gasteiger partial charge in [-0.3, -0.25) is 0 Å². The zero-order valence-corrected chi connectivity index (χ0v) is 10.8. The summed E-state index contributed by atoms with van der Waals surface area (Å²) in [6, 6.07) is 2.05. The van der Waals surface area contributed by atoms with Crippen LogP contribution in [0.1, 0.15) is 12.7 Å². The van der Waals surface area contributed by atoms with Crippen molar-refractivity contribution in [3.05, 3.63) is 36.0 Å². The molecule has 18 heavy (non-hydrogen) atoms. The van der Waals surface area contributed by atoms with Gasteiger partial charge in [0.15, 0.2) is 5.82 Å². The van der Waals surface area contributed by atoms with Gasteiger partial charge in [-0.1, -0.05) is 0 Å². The lowest BCUT2D eigenvalue weighted by molar-refractivity contribution is 0.749. The zero-order valence-electron chi connectivity index (χ0n) is 10.00. The van der Waals surface area contributed by atoms with Crippen molar-refractivity contribution in [1.82, 2.24) is 19.5 Å². The first-order valence-electron chi connectivity index (χ1n) is 5.80. The predicted octanol–water partition coefficient (Wildman–Crippen LogP) is 2.37. The molecule has 0 spiro atoms. The first-order valence-corrected chi connectivity index (χ1v) is 6.68. The Bertz CT molecular complexity index is 644. The maximum atomic E-state index is 4.57. The maximum Gasteiger partial charge on any atom is 0.152 e. The molecule has 0 unspecified atom stereocenters. The molecular weight excluding hydrogens is 246 g/mol. The van der Waals surface area contributed by atoms with Crippen LogP contribution in [0.4, 0.5) is 5.82 Å². The molecule has 0 atom stereocenters. The smallest absolute Gasteiger partial charge is 0.152 e. The highest BCUT2D eigenvalue weighted by molar-refractivity contribution is 7.16. The molecule has 0 bridgehead atoms. The maximum absolute atomic E-state index is 4.57. The second-order valence-electron chi connectivity index (χ2n) is 3.89. The van der Waals surface area contributed by atoms with Gasteiger partial charge >= 0.3 is 0 Å². The number of hydrogen-bond acceptors (Lipinski definition) is 5. The number of rotatable bonds is 4. The summed E-state index contributed by atoms with van der Waals surface area (Å²) >= 11 is 1.64. The Labute approximate surface area is 109 Å². The molecule has 3 aromatic heterocycles. The predicted molar refractivity (Wildman–Crippen MR) is 72.9 cm³/mol. The van der Waals surface area contributed by atoms with E-state index in [1.165, 1.54) is 0 Å². The third-order valence-electron chi connectivity index (χ3n) is 2.60. The van der Waals surface area contributed by atoms with Gasteiger partial charge in [0.2, 0.25) is 0 Å². The van der Waals surface area contributed by atoms with Crippen molar-refractivity contribution in [2.45, 2.75) is 13.5 Å². The minimum absolute atomic E-state index is 0.645. The summed E-state index contributed by atoms with van der Waals surface area (Å²) < 4.78 is 1.96.